The molecule has 0 saturated carbocycles. The maximum Gasteiger partial charge on any atom is 0.229 e. The summed E-state index contributed by atoms with van der Waals surface area (Å²) >= 11 is 12.0. The van der Waals surface area contributed by atoms with Gasteiger partial charge < -0.3 is 0 Å². The molecule has 1 aliphatic rings. The normalized spacial score (nSPS) is 16.9. The third-order valence-electron chi connectivity index (χ3n) is 2.29. The molecule has 1 aliphatic heterocycles. The van der Waals surface area contributed by atoms with Crippen molar-refractivity contribution in [3.05, 3.63) is 28.2 Å². The topological polar surface area (TPSA) is 32.3 Å². The number of carbonyl (C=O) groups is 1. The molecule has 0 aliphatic carbocycles. The lowest BCUT2D eigenvalue weighted by molar-refractivity contribution is -0.119. The Morgan fingerprint density at radius 2 is 1.93 bits per heavy atom. The van der Waals surface area contributed by atoms with Crippen LogP contribution in [0.1, 0.15) is 6.42 Å². The molecule has 0 spiro atoms. The Morgan fingerprint density at radius 1 is 1.27 bits per heavy atom. The molecular formula is C10H10Cl2N2O. The second-order valence-electron chi connectivity index (χ2n) is 3.30. The average Bonchev–Trinajstić information content (AvgIpc) is 2.20. The van der Waals surface area contributed by atoms with Gasteiger partial charge in [-0.3, -0.25) is 15.0 Å². The molecule has 80 valence electrons. The van der Waals surface area contributed by atoms with E-state index in [0.29, 0.717) is 35.4 Å². The zero-order valence-corrected chi connectivity index (χ0v) is 9.48. The Morgan fingerprint density at radius 3 is 2.53 bits per heavy atom. The second kappa shape index (κ2) is 4.39. The summed E-state index contributed by atoms with van der Waals surface area (Å²) in [7, 11) is 0. The average molecular weight is 245 g/mol. The predicted molar refractivity (Wildman–Crippen MR) is 61.4 cm³/mol. The predicted octanol–water partition coefficient (Wildman–Crippen LogP) is 2.28. The van der Waals surface area contributed by atoms with Crippen molar-refractivity contribution >= 4 is 34.8 Å². The fourth-order valence-corrected chi connectivity index (χ4v) is 2.16. The molecule has 0 atom stereocenters. The lowest BCUT2D eigenvalue weighted by Crippen LogP contribution is -2.45. The molecule has 0 radical (unpaired) electrons. The molecule has 15 heavy (non-hydrogen) atoms. The number of nitrogens with one attached hydrogen (secondary N) is 1. The number of halogens is 2. The van der Waals surface area contributed by atoms with E-state index < -0.39 is 0 Å². The Kier molecular flexibility index (Phi) is 3.14. The lowest BCUT2D eigenvalue weighted by Gasteiger charge is -2.28. The van der Waals surface area contributed by atoms with Gasteiger partial charge in [-0.2, -0.15) is 0 Å². The first-order chi connectivity index (χ1) is 7.20. The van der Waals surface area contributed by atoms with Crippen LogP contribution in [0.3, 0.4) is 0 Å². The lowest BCUT2D eigenvalue weighted by atomic mass is 10.2. The number of hydrogen-bond acceptors (Lipinski definition) is 2. The molecule has 0 aromatic heterocycles. The van der Waals surface area contributed by atoms with Crippen LogP contribution in [-0.4, -0.2) is 19.1 Å². The van der Waals surface area contributed by atoms with Crippen LogP contribution in [0.15, 0.2) is 18.2 Å². The second-order valence-corrected chi connectivity index (χ2v) is 4.11. The summed E-state index contributed by atoms with van der Waals surface area (Å²) in [6, 6.07) is 5.21. The van der Waals surface area contributed by atoms with Crippen LogP contribution in [0.25, 0.3) is 0 Å². The van der Waals surface area contributed by atoms with Crippen LogP contribution < -0.4 is 10.2 Å². The highest BCUT2D eigenvalue weighted by Gasteiger charge is 2.23. The highest BCUT2D eigenvalue weighted by molar-refractivity contribution is 6.39. The molecule has 1 N–H and O–H groups in total. The van der Waals surface area contributed by atoms with Crippen LogP contribution >= 0.6 is 23.2 Å². The maximum absolute atomic E-state index is 11.7. The first-order valence-electron chi connectivity index (χ1n) is 4.65. The van der Waals surface area contributed by atoms with Crippen LogP contribution in [0.5, 0.6) is 0 Å². The van der Waals surface area contributed by atoms with E-state index in [1.807, 2.05) is 0 Å². The van der Waals surface area contributed by atoms with Crippen molar-refractivity contribution < 1.29 is 4.79 Å². The first-order valence-corrected chi connectivity index (χ1v) is 5.41. The van der Waals surface area contributed by atoms with Gasteiger partial charge in [0.1, 0.15) is 0 Å². The van der Waals surface area contributed by atoms with E-state index in [0.717, 1.165) is 0 Å². The van der Waals surface area contributed by atoms with Crippen molar-refractivity contribution in [2.45, 2.75) is 6.42 Å². The van der Waals surface area contributed by atoms with Gasteiger partial charge in [-0.25, -0.2) is 0 Å². The summed E-state index contributed by atoms with van der Waals surface area (Å²) in [6.45, 7) is 1.17. The molecule has 1 aromatic rings. The number of amides is 1. The third kappa shape index (κ3) is 2.09. The maximum atomic E-state index is 11.7. The number of anilines is 1. The Bertz CT molecular complexity index is 375. The van der Waals surface area contributed by atoms with Gasteiger partial charge in [-0.1, -0.05) is 29.3 Å². The van der Waals surface area contributed by atoms with E-state index in [1.54, 1.807) is 23.1 Å². The largest absolute Gasteiger partial charge is 0.299 e. The minimum Gasteiger partial charge on any atom is -0.299 e. The van der Waals surface area contributed by atoms with E-state index in [2.05, 4.69) is 5.32 Å². The van der Waals surface area contributed by atoms with Crippen molar-refractivity contribution in [2.24, 2.45) is 0 Å². The van der Waals surface area contributed by atoms with Gasteiger partial charge in [0, 0.05) is 13.0 Å². The summed E-state index contributed by atoms with van der Waals surface area (Å²) in [5, 5.41) is 4.11. The minimum absolute atomic E-state index is 0.0451. The van der Waals surface area contributed by atoms with E-state index >= 15 is 0 Å². The highest BCUT2D eigenvalue weighted by atomic mass is 35.5. The highest BCUT2D eigenvalue weighted by Crippen LogP contribution is 2.33. The summed E-state index contributed by atoms with van der Waals surface area (Å²) < 4.78 is 0. The van der Waals surface area contributed by atoms with Crippen LogP contribution in [0.2, 0.25) is 10.0 Å². The van der Waals surface area contributed by atoms with E-state index in [1.165, 1.54) is 0 Å². The zero-order chi connectivity index (χ0) is 10.8. The Balaban J connectivity index is 2.39. The van der Waals surface area contributed by atoms with Crippen LogP contribution in [-0.2, 0) is 4.79 Å². The molecule has 1 saturated heterocycles. The van der Waals surface area contributed by atoms with E-state index in [-0.39, 0.29) is 5.91 Å². The zero-order valence-electron chi connectivity index (χ0n) is 7.96. The monoisotopic (exact) mass is 244 g/mol. The van der Waals surface area contributed by atoms with Crippen molar-refractivity contribution in [3.63, 3.8) is 0 Å². The summed E-state index contributed by atoms with van der Waals surface area (Å²) in [6.07, 6.45) is 0.474. The van der Waals surface area contributed by atoms with Crippen molar-refractivity contribution in [1.82, 2.24) is 5.32 Å². The molecule has 0 bridgehead atoms. The molecule has 1 amide bonds. The van der Waals surface area contributed by atoms with E-state index in [4.69, 9.17) is 23.2 Å². The smallest absolute Gasteiger partial charge is 0.229 e. The first kappa shape index (κ1) is 10.7. The molecule has 1 aromatic carbocycles. The fraction of sp³-hybridized carbons (Fsp3) is 0.300. The molecule has 1 heterocycles. The summed E-state index contributed by atoms with van der Waals surface area (Å²) in [4.78, 5) is 13.2. The molecule has 2 rings (SSSR count). The Labute approximate surface area is 98.0 Å². The van der Waals surface area contributed by atoms with E-state index in [9.17, 15) is 4.79 Å². The van der Waals surface area contributed by atoms with Crippen LogP contribution in [0, 0.1) is 0 Å². The molecule has 5 heteroatoms. The molecular weight excluding hydrogens is 235 g/mol. The van der Waals surface area contributed by atoms with Crippen molar-refractivity contribution in [1.29, 1.82) is 0 Å². The molecule has 3 nitrogen and oxygen atoms in total. The van der Waals surface area contributed by atoms with Gasteiger partial charge in [0.2, 0.25) is 5.91 Å². The number of nitrogens with zero attached hydrogens (tertiary/aromatic N) is 1. The summed E-state index contributed by atoms with van der Waals surface area (Å²) in [5.74, 6) is 0.0451. The summed E-state index contributed by atoms with van der Waals surface area (Å²) in [5.41, 5.74) is 0.595. The number of rotatable bonds is 1. The molecule has 0 unspecified atom stereocenters. The van der Waals surface area contributed by atoms with Crippen molar-refractivity contribution in [2.75, 3.05) is 18.1 Å². The van der Waals surface area contributed by atoms with Gasteiger partial charge in [-0.05, 0) is 12.1 Å². The quantitative estimate of drug-likeness (QED) is 0.823. The van der Waals surface area contributed by atoms with Crippen molar-refractivity contribution in [3.8, 4) is 0 Å². The number of benzene rings is 1. The minimum atomic E-state index is 0.0451. The van der Waals surface area contributed by atoms with Gasteiger partial charge in [0.05, 0.1) is 22.4 Å². The SMILES string of the molecule is O=C1CCNCN1c1c(Cl)cccc1Cl. The van der Waals surface area contributed by atoms with Gasteiger partial charge in [-0.15, -0.1) is 0 Å². The third-order valence-corrected chi connectivity index (χ3v) is 2.90. The number of carbonyl (C=O) groups excluding carboxylic acids is 1. The van der Waals surface area contributed by atoms with Gasteiger partial charge >= 0.3 is 0 Å². The Hall–Kier alpha value is -0.770. The van der Waals surface area contributed by atoms with Crippen LogP contribution in [0.4, 0.5) is 5.69 Å². The number of hydrogen-bond donors (Lipinski definition) is 1. The fourth-order valence-electron chi connectivity index (χ4n) is 1.56. The standard InChI is InChI=1S/C10H10Cl2N2O/c11-7-2-1-3-8(12)10(7)14-6-13-5-4-9(14)15/h1-3,13H,4-6H2. The molecule has 1 fully saturated rings. The number of para-hydroxylation sites is 1. The van der Waals surface area contributed by atoms with Gasteiger partial charge in [0.25, 0.3) is 0 Å². The van der Waals surface area contributed by atoms with Gasteiger partial charge in [0.15, 0.2) is 0 Å².